The first kappa shape index (κ1) is 26.8. The summed E-state index contributed by atoms with van der Waals surface area (Å²) in [6.45, 7) is 5.68. The van der Waals surface area contributed by atoms with Crippen LogP contribution < -0.4 is 10.5 Å². The molecule has 208 valence electrons. The second-order valence-corrected chi connectivity index (χ2v) is 11.8. The van der Waals surface area contributed by atoms with Crippen LogP contribution in [0.15, 0.2) is 97.0 Å². The van der Waals surface area contributed by atoms with E-state index in [4.69, 9.17) is 15.7 Å². The predicted molar refractivity (Wildman–Crippen MR) is 162 cm³/mol. The minimum atomic E-state index is -3.46. The van der Waals surface area contributed by atoms with Gasteiger partial charge >= 0.3 is 0 Å². The minimum Gasteiger partial charge on any atom is -0.383 e. The molecule has 6 rings (SSSR count). The maximum atomic E-state index is 12.0. The molecule has 0 saturated carbocycles. The third-order valence-corrected chi connectivity index (χ3v) is 8.41. The molecule has 0 aliphatic carbocycles. The van der Waals surface area contributed by atoms with E-state index >= 15 is 0 Å². The van der Waals surface area contributed by atoms with E-state index in [1.807, 2.05) is 59.2 Å². The van der Waals surface area contributed by atoms with Crippen molar-refractivity contribution in [1.82, 2.24) is 29.1 Å². The van der Waals surface area contributed by atoms with Gasteiger partial charge in [-0.3, -0.25) is 9.47 Å². The number of hydrogen-bond donors (Lipinski definition) is 2. The number of anilines is 1. The fourth-order valence-electron chi connectivity index (χ4n) is 5.34. The quantitative estimate of drug-likeness (QED) is 0.278. The Kier molecular flexibility index (Phi) is 7.36. The van der Waals surface area contributed by atoms with Crippen LogP contribution in [0.4, 0.5) is 5.82 Å². The molecular formula is C31H31N7O2S. The summed E-state index contributed by atoms with van der Waals surface area (Å²) in [7, 11) is -3.46. The molecule has 1 fully saturated rings. The lowest BCUT2D eigenvalue weighted by Crippen LogP contribution is -2.46. The fraction of sp³-hybridized carbons (Fsp3) is 0.194. The average molecular weight is 566 g/mol. The highest BCUT2D eigenvalue weighted by molar-refractivity contribution is 7.92. The molecular weight excluding hydrogens is 534 g/mol. The van der Waals surface area contributed by atoms with Crippen LogP contribution in [0.1, 0.15) is 18.4 Å². The summed E-state index contributed by atoms with van der Waals surface area (Å²) < 4.78 is 28.7. The van der Waals surface area contributed by atoms with Gasteiger partial charge in [0.1, 0.15) is 11.3 Å². The van der Waals surface area contributed by atoms with Crippen LogP contribution in [0.25, 0.3) is 39.5 Å². The number of rotatable bonds is 8. The van der Waals surface area contributed by atoms with E-state index in [2.05, 4.69) is 45.5 Å². The lowest BCUT2D eigenvalue weighted by Gasteiger charge is -2.32. The van der Waals surface area contributed by atoms with Gasteiger partial charge in [-0.25, -0.2) is 28.1 Å². The van der Waals surface area contributed by atoms with E-state index in [0.717, 1.165) is 70.6 Å². The molecule has 0 amide bonds. The fourth-order valence-corrected chi connectivity index (χ4v) is 6.10. The summed E-state index contributed by atoms with van der Waals surface area (Å²) in [5.41, 5.74) is 12.4. The molecule has 3 N–H and O–H groups in total. The summed E-state index contributed by atoms with van der Waals surface area (Å²) in [5.74, 6) is 1.07. The standard InChI is InChI=1S/C31H31N7O2S/c1-2-41(39,40)36-24-10-7-19-37(21-24)20-22-12-14-25(15-13-22)38-30(26-11-6-18-33-29(26)32)35-28-17-16-27(34-31(28)38)23-8-4-3-5-9-23/h2-6,8-9,11-18,24,36H,1,7,10,19-21H2,(H2,32,33)/t24-/m0/s1. The number of aromatic nitrogens is 4. The zero-order chi connectivity index (χ0) is 28.4. The summed E-state index contributed by atoms with van der Waals surface area (Å²) in [5, 5.41) is 0.968. The molecule has 0 spiro atoms. The molecule has 3 aromatic heterocycles. The summed E-state index contributed by atoms with van der Waals surface area (Å²) in [4.78, 5) is 16.5. The van der Waals surface area contributed by atoms with Crippen LogP contribution in [0.3, 0.4) is 0 Å². The van der Waals surface area contributed by atoms with Crippen molar-refractivity contribution in [1.29, 1.82) is 0 Å². The van der Waals surface area contributed by atoms with E-state index in [0.29, 0.717) is 18.2 Å². The highest BCUT2D eigenvalue weighted by atomic mass is 32.2. The number of nitrogens with one attached hydrogen (secondary N) is 1. The lowest BCUT2D eigenvalue weighted by atomic mass is 10.1. The van der Waals surface area contributed by atoms with Gasteiger partial charge in [-0.15, -0.1) is 0 Å². The topological polar surface area (TPSA) is 119 Å². The van der Waals surface area contributed by atoms with Gasteiger partial charge in [-0.05, 0) is 61.3 Å². The average Bonchev–Trinajstić information content (AvgIpc) is 3.37. The molecule has 0 bridgehead atoms. The molecule has 4 heterocycles. The van der Waals surface area contributed by atoms with Gasteiger partial charge in [0, 0.05) is 42.0 Å². The third-order valence-electron chi connectivity index (χ3n) is 7.31. The predicted octanol–water partition coefficient (Wildman–Crippen LogP) is 4.76. The zero-order valence-corrected chi connectivity index (χ0v) is 23.3. The Hall–Kier alpha value is -4.38. The van der Waals surface area contributed by atoms with Crippen molar-refractivity contribution >= 4 is 27.0 Å². The maximum absolute atomic E-state index is 12.0. The maximum Gasteiger partial charge on any atom is 0.233 e. The molecule has 0 radical (unpaired) electrons. The van der Waals surface area contributed by atoms with Gasteiger partial charge < -0.3 is 5.73 Å². The molecule has 1 atom stereocenters. The number of imidazole rings is 1. The number of sulfonamides is 1. The number of nitrogens with zero attached hydrogens (tertiary/aromatic N) is 5. The Morgan fingerprint density at radius 2 is 1.80 bits per heavy atom. The first-order valence-corrected chi connectivity index (χ1v) is 15.1. The second kappa shape index (κ2) is 11.2. The number of benzene rings is 2. The van der Waals surface area contributed by atoms with Crippen LogP contribution >= 0.6 is 0 Å². The molecule has 9 nitrogen and oxygen atoms in total. The molecule has 1 saturated heterocycles. The molecule has 1 aliphatic heterocycles. The molecule has 2 aromatic carbocycles. The number of nitrogens with two attached hydrogens (primary N) is 1. The number of piperidine rings is 1. The van der Waals surface area contributed by atoms with Crippen molar-refractivity contribution in [3.05, 3.63) is 103 Å². The van der Waals surface area contributed by atoms with Gasteiger partial charge in [-0.2, -0.15) is 0 Å². The van der Waals surface area contributed by atoms with E-state index in [9.17, 15) is 8.42 Å². The Balaban J connectivity index is 1.34. The Morgan fingerprint density at radius 3 is 2.56 bits per heavy atom. The normalized spacial score (nSPS) is 16.1. The molecule has 5 aromatic rings. The van der Waals surface area contributed by atoms with Crippen LogP contribution in [-0.2, 0) is 16.6 Å². The SMILES string of the molecule is C=CS(=O)(=O)N[C@H]1CCCN(Cc2ccc(-n3c(-c4cccnc4N)nc4ccc(-c5ccccc5)nc43)cc2)C1. The zero-order valence-electron chi connectivity index (χ0n) is 22.5. The van der Waals surface area contributed by atoms with Crippen molar-refractivity contribution in [2.24, 2.45) is 0 Å². The monoisotopic (exact) mass is 565 g/mol. The van der Waals surface area contributed by atoms with Crippen LogP contribution in [-0.4, -0.2) is 52.0 Å². The minimum absolute atomic E-state index is 0.124. The van der Waals surface area contributed by atoms with E-state index < -0.39 is 10.0 Å². The van der Waals surface area contributed by atoms with Gasteiger partial charge in [-0.1, -0.05) is 49.0 Å². The van der Waals surface area contributed by atoms with Crippen molar-refractivity contribution in [2.45, 2.75) is 25.4 Å². The Bertz CT molecular complexity index is 1800. The van der Waals surface area contributed by atoms with Gasteiger partial charge in [0.15, 0.2) is 11.5 Å². The summed E-state index contributed by atoms with van der Waals surface area (Å²) in [6.07, 6.45) is 3.41. The molecule has 10 heteroatoms. The summed E-state index contributed by atoms with van der Waals surface area (Å²) >= 11 is 0. The van der Waals surface area contributed by atoms with Crippen LogP contribution in [0.5, 0.6) is 0 Å². The number of likely N-dealkylation sites (tertiary alicyclic amines) is 1. The lowest BCUT2D eigenvalue weighted by molar-refractivity contribution is 0.194. The highest BCUT2D eigenvalue weighted by Gasteiger charge is 2.23. The highest BCUT2D eigenvalue weighted by Crippen LogP contribution is 2.32. The van der Waals surface area contributed by atoms with Gasteiger partial charge in [0.05, 0.1) is 11.3 Å². The van der Waals surface area contributed by atoms with E-state index in [1.165, 1.54) is 0 Å². The van der Waals surface area contributed by atoms with Gasteiger partial charge in [0.25, 0.3) is 0 Å². The molecule has 0 unspecified atom stereocenters. The van der Waals surface area contributed by atoms with E-state index in [-0.39, 0.29) is 6.04 Å². The smallest absolute Gasteiger partial charge is 0.233 e. The van der Waals surface area contributed by atoms with Gasteiger partial charge in [0.2, 0.25) is 10.0 Å². The number of nitrogen functional groups attached to an aromatic ring is 1. The number of pyridine rings is 2. The molecule has 41 heavy (non-hydrogen) atoms. The summed E-state index contributed by atoms with van der Waals surface area (Å²) in [6, 6.07) is 26.0. The number of hydrogen-bond acceptors (Lipinski definition) is 7. The van der Waals surface area contributed by atoms with Crippen molar-refractivity contribution in [3.63, 3.8) is 0 Å². The van der Waals surface area contributed by atoms with E-state index in [1.54, 1.807) is 6.20 Å². The van der Waals surface area contributed by atoms with Crippen molar-refractivity contribution in [3.8, 4) is 28.3 Å². The van der Waals surface area contributed by atoms with Crippen LogP contribution in [0.2, 0.25) is 0 Å². The first-order valence-electron chi connectivity index (χ1n) is 13.5. The Morgan fingerprint density at radius 1 is 1.00 bits per heavy atom. The van der Waals surface area contributed by atoms with Crippen molar-refractivity contribution < 1.29 is 8.42 Å². The van der Waals surface area contributed by atoms with Crippen LogP contribution in [0, 0.1) is 0 Å². The third kappa shape index (κ3) is 5.76. The first-order chi connectivity index (χ1) is 19.9. The largest absolute Gasteiger partial charge is 0.383 e. The molecule has 1 aliphatic rings. The van der Waals surface area contributed by atoms with Crippen molar-refractivity contribution in [2.75, 3.05) is 18.8 Å². The second-order valence-electron chi connectivity index (χ2n) is 10.2. The number of fused-ring (bicyclic) bond motifs is 1. The Labute approximate surface area is 239 Å².